The molecule has 2 heteroatoms. The van der Waals surface area contributed by atoms with Gasteiger partial charge in [0.25, 0.3) is 0 Å². The Labute approximate surface area is 116 Å². The van der Waals surface area contributed by atoms with Crippen molar-refractivity contribution in [3.63, 3.8) is 0 Å². The Morgan fingerprint density at radius 3 is 1.63 bits per heavy atom. The minimum Gasteiger partial charge on any atom is -0.248 e. The molecule has 0 saturated heterocycles. The predicted octanol–water partition coefficient (Wildman–Crippen LogP) is 5.14. The highest BCUT2D eigenvalue weighted by molar-refractivity contribution is 7.07. The summed E-state index contributed by atoms with van der Waals surface area (Å²) in [5, 5.41) is 6.48. The number of thiophene rings is 1. The number of nitrogens with zero attached hydrogens (tertiary/aromatic N) is 1. The first-order valence-corrected chi connectivity index (χ1v) is 7.09. The zero-order chi connectivity index (χ0) is 12.9. The zero-order valence-electron chi connectivity index (χ0n) is 10.4. The molecule has 2 aromatic carbocycles. The molecule has 0 bridgehead atoms. The van der Waals surface area contributed by atoms with Crippen molar-refractivity contribution in [1.29, 1.82) is 0 Å². The summed E-state index contributed by atoms with van der Waals surface area (Å²) in [7, 11) is 0. The van der Waals surface area contributed by atoms with Crippen molar-refractivity contribution in [3.05, 3.63) is 77.5 Å². The zero-order valence-corrected chi connectivity index (χ0v) is 11.2. The first-order chi connectivity index (χ1) is 9.43. The van der Waals surface area contributed by atoms with Crippen molar-refractivity contribution < 1.29 is 0 Å². The molecule has 4 aromatic rings. The molecular formula is C17H13NS. The van der Waals surface area contributed by atoms with Crippen molar-refractivity contribution in [2.75, 3.05) is 0 Å². The highest BCUT2D eigenvalue weighted by atomic mass is 32.1. The Morgan fingerprint density at radius 2 is 1.16 bits per heavy atom. The van der Waals surface area contributed by atoms with Gasteiger partial charge in [-0.05, 0) is 29.0 Å². The van der Waals surface area contributed by atoms with Crippen molar-refractivity contribution in [1.82, 2.24) is 4.98 Å². The van der Waals surface area contributed by atoms with Gasteiger partial charge in [-0.3, -0.25) is 0 Å². The van der Waals surface area contributed by atoms with Gasteiger partial charge in [-0.15, -0.1) is 0 Å². The standard InChI is InChI=1S/C13H9N.C4H4S/c1-3-7-12-10(5-1)9-11-6-2-4-8-13(11)14-12;1-2-4-5-3-1/h1-9H;1-4H. The molecule has 0 aliphatic carbocycles. The number of para-hydroxylation sites is 2. The van der Waals surface area contributed by atoms with Gasteiger partial charge in [0.05, 0.1) is 11.0 Å². The van der Waals surface area contributed by atoms with Gasteiger partial charge < -0.3 is 0 Å². The first kappa shape index (κ1) is 11.9. The fourth-order valence-corrected chi connectivity index (χ4v) is 2.40. The Morgan fingerprint density at radius 1 is 0.632 bits per heavy atom. The van der Waals surface area contributed by atoms with E-state index >= 15 is 0 Å². The number of pyridine rings is 1. The van der Waals surface area contributed by atoms with Crippen LogP contribution in [0.15, 0.2) is 77.5 Å². The fraction of sp³-hybridized carbons (Fsp3) is 0. The number of fused-ring (bicyclic) bond motifs is 2. The van der Waals surface area contributed by atoms with Crippen LogP contribution in [0.1, 0.15) is 0 Å². The van der Waals surface area contributed by atoms with E-state index in [-0.39, 0.29) is 0 Å². The van der Waals surface area contributed by atoms with E-state index in [1.807, 2.05) is 59.3 Å². The Balaban J connectivity index is 0.000000187. The van der Waals surface area contributed by atoms with Crippen LogP contribution in [0.2, 0.25) is 0 Å². The topological polar surface area (TPSA) is 12.9 Å². The quantitative estimate of drug-likeness (QED) is 0.400. The summed E-state index contributed by atoms with van der Waals surface area (Å²) >= 11 is 1.71. The van der Waals surface area contributed by atoms with Gasteiger partial charge in [0, 0.05) is 10.8 Å². The third-order valence-electron chi connectivity index (χ3n) is 2.85. The monoisotopic (exact) mass is 263 g/mol. The smallest absolute Gasteiger partial charge is 0.0709 e. The molecule has 0 aliphatic rings. The fourth-order valence-electron chi connectivity index (χ4n) is 1.95. The van der Waals surface area contributed by atoms with Crippen LogP contribution in [-0.4, -0.2) is 4.98 Å². The molecule has 0 unspecified atom stereocenters. The average Bonchev–Trinajstić information content (AvgIpc) is 3.04. The maximum atomic E-state index is 4.58. The normalized spacial score (nSPS) is 10.1. The molecule has 0 radical (unpaired) electrons. The minimum absolute atomic E-state index is 1.06. The lowest BCUT2D eigenvalue weighted by atomic mass is 10.1. The van der Waals surface area contributed by atoms with Crippen LogP contribution in [-0.2, 0) is 0 Å². The molecule has 92 valence electrons. The largest absolute Gasteiger partial charge is 0.248 e. The number of benzene rings is 2. The first-order valence-electron chi connectivity index (χ1n) is 6.15. The molecule has 0 aliphatic heterocycles. The predicted molar refractivity (Wildman–Crippen MR) is 83.6 cm³/mol. The second-order valence-electron chi connectivity index (χ2n) is 4.17. The van der Waals surface area contributed by atoms with Crippen molar-refractivity contribution >= 4 is 33.1 Å². The maximum Gasteiger partial charge on any atom is 0.0709 e. The van der Waals surface area contributed by atoms with Gasteiger partial charge in [-0.1, -0.05) is 48.5 Å². The van der Waals surface area contributed by atoms with E-state index in [1.54, 1.807) is 11.3 Å². The lowest BCUT2D eigenvalue weighted by Gasteiger charge is -1.99. The lowest BCUT2D eigenvalue weighted by molar-refractivity contribution is 1.50. The van der Waals surface area contributed by atoms with Gasteiger partial charge in [-0.2, -0.15) is 11.3 Å². The van der Waals surface area contributed by atoms with Crippen LogP contribution in [0, 0.1) is 0 Å². The summed E-state index contributed by atoms with van der Waals surface area (Å²) in [5.74, 6) is 0. The summed E-state index contributed by atoms with van der Waals surface area (Å²) in [6, 6.07) is 22.6. The third kappa shape index (κ3) is 2.80. The van der Waals surface area contributed by atoms with Crippen LogP contribution in [0.3, 0.4) is 0 Å². The second kappa shape index (κ2) is 5.63. The summed E-state index contributed by atoms with van der Waals surface area (Å²) in [4.78, 5) is 4.58. The summed E-state index contributed by atoms with van der Waals surface area (Å²) in [5.41, 5.74) is 2.12. The molecule has 2 aromatic heterocycles. The van der Waals surface area contributed by atoms with E-state index in [4.69, 9.17) is 0 Å². The van der Waals surface area contributed by atoms with Crippen molar-refractivity contribution in [2.45, 2.75) is 0 Å². The van der Waals surface area contributed by atoms with Gasteiger partial charge in [0.15, 0.2) is 0 Å². The molecule has 1 nitrogen and oxygen atoms in total. The SMILES string of the molecule is c1ccc2nc3ccccc3cc2c1.c1ccsc1. The molecule has 0 saturated carbocycles. The van der Waals surface area contributed by atoms with Crippen LogP contribution in [0.4, 0.5) is 0 Å². The highest BCUT2D eigenvalue weighted by Crippen LogP contribution is 2.18. The Bertz CT molecular complexity index is 653. The molecule has 0 spiro atoms. The van der Waals surface area contributed by atoms with E-state index in [0.29, 0.717) is 0 Å². The van der Waals surface area contributed by atoms with Crippen LogP contribution >= 0.6 is 11.3 Å². The van der Waals surface area contributed by atoms with Crippen molar-refractivity contribution in [2.24, 2.45) is 0 Å². The van der Waals surface area contributed by atoms with E-state index in [0.717, 1.165) is 11.0 Å². The molecule has 2 heterocycles. The van der Waals surface area contributed by atoms with Gasteiger partial charge >= 0.3 is 0 Å². The summed E-state index contributed by atoms with van der Waals surface area (Å²) < 4.78 is 0. The third-order valence-corrected chi connectivity index (χ3v) is 3.48. The number of hydrogen-bond donors (Lipinski definition) is 0. The van der Waals surface area contributed by atoms with Gasteiger partial charge in [-0.25, -0.2) is 4.98 Å². The molecule has 0 atom stereocenters. The Kier molecular flexibility index (Phi) is 3.52. The molecule has 19 heavy (non-hydrogen) atoms. The molecular weight excluding hydrogens is 250 g/mol. The van der Waals surface area contributed by atoms with Gasteiger partial charge in [0.1, 0.15) is 0 Å². The van der Waals surface area contributed by atoms with E-state index in [2.05, 4.69) is 23.2 Å². The molecule has 0 amide bonds. The minimum atomic E-state index is 1.06. The maximum absolute atomic E-state index is 4.58. The van der Waals surface area contributed by atoms with Crippen LogP contribution < -0.4 is 0 Å². The second-order valence-corrected chi connectivity index (χ2v) is 4.98. The van der Waals surface area contributed by atoms with E-state index in [9.17, 15) is 0 Å². The van der Waals surface area contributed by atoms with Crippen LogP contribution in [0.25, 0.3) is 21.8 Å². The number of hydrogen-bond acceptors (Lipinski definition) is 2. The number of rotatable bonds is 0. The molecule has 0 fully saturated rings. The van der Waals surface area contributed by atoms with Crippen LogP contribution in [0.5, 0.6) is 0 Å². The Hall–Kier alpha value is -2.19. The lowest BCUT2D eigenvalue weighted by Crippen LogP contribution is -1.80. The van der Waals surface area contributed by atoms with E-state index in [1.165, 1.54) is 10.8 Å². The highest BCUT2D eigenvalue weighted by Gasteiger charge is 1.96. The molecule has 4 rings (SSSR count). The summed E-state index contributed by atoms with van der Waals surface area (Å²) in [6.07, 6.45) is 0. The molecule has 0 N–H and O–H groups in total. The van der Waals surface area contributed by atoms with E-state index < -0.39 is 0 Å². The summed E-state index contributed by atoms with van der Waals surface area (Å²) in [6.45, 7) is 0. The average molecular weight is 263 g/mol. The number of aromatic nitrogens is 1. The van der Waals surface area contributed by atoms with Gasteiger partial charge in [0.2, 0.25) is 0 Å². The van der Waals surface area contributed by atoms with Crippen molar-refractivity contribution in [3.8, 4) is 0 Å².